The maximum absolute atomic E-state index is 15.1. The summed E-state index contributed by atoms with van der Waals surface area (Å²) in [6, 6.07) is 19.7. The van der Waals surface area contributed by atoms with Crippen molar-refractivity contribution in [3.8, 4) is 11.3 Å². The lowest BCUT2D eigenvalue weighted by Crippen LogP contribution is -2.37. The number of hydrogen-bond donors (Lipinski definition) is 0. The maximum atomic E-state index is 15.1. The largest absolute Gasteiger partial charge is 0.381 e. The number of pyridine rings is 1. The van der Waals surface area contributed by atoms with Crippen LogP contribution in [-0.2, 0) is 14.9 Å². The highest BCUT2D eigenvalue weighted by Gasteiger charge is 2.45. The van der Waals surface area contributed by atoms with Gasteiger partial charge in [-0.25, -0.2) is 9.37 Å². The predicted octanol–water partition coefficient (Wildman–Crippen LogP) is 7.04. The summed E-state index contributed by atoms with van der Waals surface area (Å²) in [4.78, 5) is 9.82. The van der Waals surface area contributed by atoms with Crippen LogP contribution in [0.15, 0.2) is 60.7 Å². The molecule has 3 aliphatic rings. The molecule has 0 bridgehead atoms. The fourth-order valence-electron chi connectivity index (χ4n) is 6.65. The van der Waals surface area contributed by atoms with Crippen molar-refractivity contribution in [2.24, 2.45) is 0 Å². The highest BCUT2D eigenvalue weighted by atomic mass is 35.5. The summed E-state index contributed by atoms with van der Waals surface area (Å²) in [5.41, 5.74) is 7.74. The second-order valence-electron chi connectivity index (χ2n) is 10.9. The second-order valence-corrected chi connectivity index (χ2v) is 11.3. The van der Waals surface area contributed by atoms with Crippen LogP contribution >= 0.6 is 11.6 Å². The number of hydrogen-bond acceptors (Lipinski definition) is 5. The third kappa shape index (κ3) is 4.17. The van der Waals surface area contributed by atoms with Crippen molar-refractivity contribution in [2.75, 3.05) is 55.9 Å². The van der Waals surface area contributed by atoms with Crippen LogP contribution < -0.4 is 9.80 Å². The Kier molecular flexibility index (Phi) is 6.22. The number of nitrogens with zero attached hydrogens (tertiary/aromatic N) is 3. The van der Waals surface area contributed by atoms with Crippen molar-refractivity contribution in [3.63, 3.8) is 0 Å². The fourth-order valence-corrected chi connectivity index (χ4v) is 6.82. The number of fused-ring (bicyclic) bond motifs is 3. The summed E-state index contributed by atoms with van der Waals surface area (Å²) in [6.45, 7) is 7.66. The van der Waals surface area contributed by atoms with Crippen molar-refractivity contribution in [3.05, 3.63) is 82.6 Å². The number of morpholine rings is 1. The number of benzene rings is 3. The molecule has 5 nitrogen and oxygen atoms in total. The summed E-state index contributed by atoms with van der Waals surface area (Å²) in [5.74, 6) is -0.280. The molecular formula is C32H31ClFN3O2. The van der Waals surface area contributed by atoms with Crippen LogP contribution in [0.1, 0.15) is 24.0 Å². The van der Waals surface area contributed by atoms with E-state index < -0.39 is 0 Å². The molecule has 0 saturated carbocycles. The monoisotopic (exact) mass is 543 g/mol. The lowest BCUT2D eigenvalue weighted by Gasteiger charge is -2.35. The molecule has 0 N–H and O–H groups in total. The summed E-state index contributed by atoms with van der Waals surface area (Å²) < 4.78 is 26.6. The first kappa shape index (κ1) is 24.8. The first-order valence-corrected chi connectivity index (χ1v) is 14.1. The minimum atomic E-state index is -0.280. The Balaban J connectivity index is 1.46. The average molecular weight is 544 g/mol. The molecule has 2 fully saturated rings. The Morgan fingerprint density at radius 1 is 0.923 bits per heavy atom. The normalized spacial score (nSPS) is 18.6. The van der Waals surface area contributed by atoms with Gasteiger partial charge < -0.3 is 19.3 Å². The van der Waals surface area contributed by atoms with Gasteiger partial charge in [0.2, 0.25) is 0 Å². The van der Waals surface area contributed by atoms with E-state index in [2.05, 4.69) is 41.0 Å². The number of halogens is 2. The maximum Gasteiger partial charge on any atom is 0.132 e. The predicted molar refractivity (Wildman–Crippen MR) is 155 cm³/mol. The van der Waals surface area contributed by atoms with Gasteiger partial charge in [0.1, 0.15) is 5.82 Å². The van der Waals surface area contributed by atoms with Crippen LogP contribution in [-0.4, -0.2) is 51.0 Å². The van der Waals surface area contributed by atoms with Gasteiger partial charge in [-0.15, -0.1) is 0 Å². The van der Waals surface area contributed by atoms with E-state index in [1.54, 1.807) is 12.1 Å². The summed E-state index contributed by atoms with van der Waals surface area (Å²) in [7, 11) is 0. The van der Waals surface area contributed by atoms with Gasteiger partial charge in [0.25, 0.3) is 0 Å². The molecule has 0 atom stereocenters. The SMILES string of the molecule is Cc1c(-c2ccccc2F)nc2cc(Cl)ccc2c1N1CC2(CCOCC2)c2ccc(N3CCOCC3)cc21. The average Bonchev–Trinajstić information content (AvgIpc) is 3.26. The first-order chi connectivity index (χ1) is 19.0. The van der Waals surface area contributed by atoms with Crippen molar-refractivity contribution in [2.45, 2.75) is 25.2 Å². The molecule has 1 aromatic heterocycles. The zero-order valence-electron chi connectivity index (χ0n) is 22.1. The molecule has 7 rings (SSSR count). The van der Waals surface area contributed by atoms with Gasteiger partial charge in [0.15, 0.2) is 0 Å². The van der Waals surface area contributed by atoms with E-state index in [-0.39, 0.29) is 11.2 Å². The second kappa shape index (κ2) is 9.77. The van der Waals surface area contributed by atoms with Crippen LogP contribution in [0.3, 0.4) is 0 Å². The molecule has 0 amide bonds. The quantitative estimate of drug-likeness (QED) is 0.277. The molecule has 0 radical (unpaired) electrons. The molecule has 3 aliphatic heterocycles. The number of anilines is 3. The Bertz CT molecular complexity index is 1560. The van der Waals surface area contributed by atoms with E-state index in [4.69, 9.17) is 26.1 Å². The third-order valence-corrected chi connectivity index (χ3v) is 8.92. The lowest BCUT2D eigenvalue weighted by atomic mass is 9.76. The summed E-state index contributed by atoms with van der Waals surface area (Å²) in [6.07, 6.45) is 1.95. The molecule has 1 spiro atoms. The minimum absolute atomic E-state index is 0.00371. The van der Waals surface area contributed by atoms with E-state index in [1.165, 1.54) is 23.0 Å². The molecule has 4 aromatic rings. The molecule has 7 heteroatoms. The van der Waals surface area contributed by atoms with Crippen molar-refractivity contribution < 1.29 is 13.9 Å². The highest BCUT2D eigenvalue weighted by Crippen LogP contribution is 2.53. The van der Waals surface area contributed by atoms with Crippen molar-refractivity contribution in [1.29, 1.82) is 0 Å². The molecule has 200 valence electrons. The molecule has 0 aliphatic carbocycles. The molecule has 0 unspecified atom stereocenters. The first-order valence-electron chi connectivity index (χ1n) is 13.7. The van der Waals surface area contributed by atoms with Gasteiger partial charge in [-0.05, 0) is 73.4 Å². The van der Waals surface area contributed by atoms with Gasteiger partial charge in [0.05, 0.1) is 30.1 Å². The van der Waals surface area contributed by atoms with Gasteiger partial charge in [-0.1, -0.05) is 29.8 Å². The fraction of sp³-hybridized carbons (Fsp3) is 0.344. The number of rotatable bonds is 3. The lowest BCUT2D eigenvalue weighted by molar-refractivity contribution is 0.0558. The molecular weight excluding hydrogens is 513 g/mol. The smallest absolute Gasteiger partial charge is 0.132 e. The van der Waals surface area contributed by atoms with Gasteiger partial charge in [0, 0.05) is 65.6 Å². The summed E-state index contributed by atoms with van der Waals surface area (Å²) in [5, 5.41) is 1.63. The van der Waals surface area contributed by atoms with E-state index in [0.29, 0.717) is 16.3 Å². The topological polar surface area (TPSA) is 37.8 Å². The Labute approximate surface area is 233 Å². The van der Waals surface area contributed by atoms with Crippen LogP contribution in [0.4, 0.5) is 21.5 Å². The number of aromatic nitrogens is 1. The Morgan fingerprint density at radius 2 is 1.69 bits per heavy atom. The van der Waals surface area contributed by atoms with Gasteiger partial charge in [-0.3, -0.25) is 0 Å². The highest BCUT2D eigenvalue weighted by molar-refractivity contribution is 6.31. The van der Waals surface area contributed by atoms with Crippen LogP contribution in [0.2, 0.25) is 5.02 Å². The van der Waals surface area contributed by atoms with Crippen molar-refractivity contribution >= 4 is 39.6 Å². The van der Waals surface area contributed by atoms with E-state index in [1.807, 2.05) is 18.2 Å². The zero-order chi connectivity index (χ0) is 26.6. The van der Waals surface area contributed by atoms with Crippen LogP contribution in [0, 0.1) is 12.7 Å². The van der Waals surface area contributed by atoms with Crippen molar-refractivity contribution in [1.82, 2.24) is 4.98 Å². The third-order valence-electron chi connectivity index (χ3n) is 8.69. The Morgan fingerprint density at radius 3 is 2.49 bits per heavy atom. The summed E-state index contributed by atoms with van der Waals surface area (Å²) >= 11 is 6.45. The zero-order valence-corrected chi connectivity index (χ0v) is 22.8. The molecule has 39 heavy (non-hydrogen) atoms. The van der Waals surface area contributed by atoms with Crippen LogP contribution in [0.25, 0.3) is 22.2 Å². The minimum Gasteiger partial charge on any atom is -0.381 e. The molecule has 4 heterocycles. The molecule has 2 saturated heterocycles. The van der Waals surface area contributed by atoms with E-state index >= 15 is 4.39 Å². The number of ether oxygens (including phenoxy) is 2. The van der Waals surface area contributed by atoms with E-state index in [9.17, 15) is 0 Å². The Hall–Kier alpha value is -3.19. The van der Waals surface area contributed by atoms with Gasteiger partial charge in [-0.2, -0.15) is 0 Å². The van der Waals surface area contributed by atoms with E-state index in [0.717, 1.165) is 81.1 Å². The van der Waals surface area contributed by atoms with Gasteiger partial charge >= 0.3 is 0 Å². The standard InChI is InChI=1S/C32H31ClFN3O2/c1-21-30(24-4-2-3-5-27(24)34)35-28-18-22(33)6-8-25(28)31(21)37-20-32(10-14-38-15-11-32)26-9-7-23(19-29(26)37)36-12-16-39-17-13-36/h2-9,18-19H,10-17,20H2,1H3. The molecule has 3 aromatic carbocycles. The van der Waals surface area contributed by atoms with Crippen LogP contribution in [0.5, 0.6) is 0 Å².